The molecule has 2 aliphatic heterocycles. The molecule has 2 aliphatic rings. The highest BCUT2D eigenvalue weighted by Crippen LogP contribution is 2.45. The van der Waals surface area contributed by atoms with Gasteiger partial charge in [0, 0.05) is 42.5 Å². The molecule has 1 N–H and O–H groups in total. The van der Waals surface area contributed by atoms with Crippen molar-refractivity contribution >= 4 is 29.2 Å². The minimum Gasteiger partial charge on any atom is -0.497 e. The van der Waals surface area contributed by atoms with Crippen LogP contribution in [-0.2, 0) is 0 Å². The third-order valence-electron chi connectivity index (χ3n) is 6.75. The molecular formula is C24H28ClN3O2. The summed E-state index contributed by atoms with van der Waals surface area (Å²) in [5, 5.41) is 1.00. The van der Waals surface area contributed by atoms with Crippen LogP contribution in [0.1, 0.15) is 27.7 Å². The number of fused-ring (bicyclic) bond motifs is 2. The number of likely N-dealkylation sites (tertiary alicyclic amines) is 2. The second kappa shape index (κ2) is 7.97. The van der Waals surface area contributed by atoms with E-state index in [1.54, 1.807) is 7.11 Å². The highest BCUT2D eigenvalue weighted by Gasteiger charge is 2.47. The zero-order chi connectivity index (χ0) is 20.1. The number of benzene rings is 2. The Morgan fingerprint density at radius 2 is 1.90 bits per heavy atom. The summed E-state index contributed by atoms with van der Waals surface area (Å²) in [6, 6.07) is 16.8. The van der Waals surface area contributed by atoms with Gasteiger partial charge in [0.2, 0.25) is 0 Å². The predicted molar refractivity (Wildman–Crippen MR) is 122 cm³/mol. The lowest BCUT2D eigenvalue weighted by molar-refractivity contribution is 0.0763. The van der Waals surface area contributed by atoms with Crippen molar-refractivity contribution in [3.8, 4) is 5.75 Å². The first-order valence-corrected chi connectivity index (χ1v) is 10.3. The summed E-state index contributed by atoms with van der Waals surface area (Å²) in [5.74, 6) is 1.91. The molecule has 30 heavy (non-hydrogen) atoms. The average Bonchev–Trinajstić information content (AvgIpc) is 3.39. The van der Waals surface area contributed by atoms with Gasteiger partial charge < -0.3 is 14.6 Å². The second-order valence-corrected chi connectivity index (χ2v) is 8.51. The van der Waals surface area contributed by atoms with Gasteiger partial charge >= 0.3 is 0 Å². The number of amides is 1. The average molecular weight is 426 g/mol. The number of carbonyl (C=O) groups excluding carboxylic acids is 1. The largest absolute Gasteiger partial charge is 0.497 e. The van der Waals surface area contributed by atoms with Gasteiger partial charge in [-0.15, -0.1) is 12.4 Å². The highest BCUT2D eigenvalue weighted by atomic mass is 35.5. The zero-order valence-electron chi connectivity index (χ0n) is 17.6. The van der Waals surface area contributed by atoms with E-state index >= 15 is 0 Å². The van der Waals surface area contributed by atoms with E-state index in [4.69, 9.17) is 4.74 Å². The van der Waals surface area contributed by atoms with Crippen molar-refractivity contribution in [2.24, 2.45) is 11.8 Å². The number of H-pyrrole nitrogens is 1. The molecule has 158 valence electrons. The summed E-state index contributed by atoms with van der Waals surface area (Å²) in [4.78, 5) is 21.0. The number of ether oxygens (including phenoxy) is 1. The molecule has 3 aromatic rings. The third-order valence-corrected chi connectivity index (χ3v) is 6.75. The number of rotatable bonds is 3. The minimum absolute atomic E-state index is 0. The summed E-state index contributed by atoms with van der Waals surface area (Å²) in [7, 11) is 3.87. The molecular weight excluding hydrogens is 398 g/mol. The van der Waals surface area contributed by atoms with Gasteiger partial charge in [-0.3, -0.25) is 9.69 Å². The number of aryl methyl sites for hydroxylation is 1. The Morgan fingerprint density at radius 3 is 2.67 bits per heavy atom. The van der Waals surface area contributed by atoms with Crippen LogP contribution in [0.4, 0.5) is 0 Å². The Morgan fingerprint density at radius 1 is 1.10 bits per heavy atom. The number of nitrogens with zero attached hydrogens (tertiary/aromatic N) is 2. The van der Waals surface area contributed by atoms with Crippen LogP contribution in [0.25, 0.3) is 10.9 Å². The lowest BCUT2D eigenvalue weighted by Crippen LogP contribution is -2.33. The number of halogens is 1. The smallest absolute Gasteiger partial charge is 0.270 e. The number of nitrogens with one attached hydrogen (secondary N) is 1. The van der Waals surface area contributed by atoms with Crippen LogP contribution in [0.3, 0.4) is 0 Å². The van der Waals surface area contributed by atoms with Crippen LogP contribution in [0, 0.1) is 18.8 Å². The maximum Gasteiger partial charge on any atom is 0.270 e. The van der Waals surface area contributed by atoms with Gasteiger partial charge in [0.15, 0.2) is 0 Å². The highest BCUT2D eigenvalue weighted by molar-refractivity contribution is 5.98. The number of hydrogen-bond donors (Lipinski definition) is 1. The van der Waals surface area contributed by atoms with E-state index in [0.717, 1.165) is 36.3 Å². The van der Waals surface area contributed by atoms with Crippen LogP contribution >= 0.6 is 12.4 Å². The van der Waals surface area contributed by atoms with Gasteiger partial charge in [-0.25, -0.2) is 0 Å². The molecule has 1 aromatic heterocycles. The van der Waals surface area contributed by atoms with Crippen molar-refractivity contribution in [1.82, 2.24) is 14.8 Å². The molecule has 5 nitrogen and oxygen atoms in total. The van der Waals surface area contributed by atoms with Gasteiger partial charge in [0.25, 0.3) is 5.91 Å². The molecule has 2 aromatic carbocycles. The Bertz CT molecular complexity index is 1080. The maximum absolute atomic E-state index is 13.2. The first-order valence-electron chi connectivity index (χ1n) is 10.3. The van der Waals surface area contributed by atoms with E-state index < -0.39 is 0 Å². The molecule has 6 heteroatoms. The van der Waals surface area contributed by atoms with Crippen molar-refractivity contribution in [2.75, 3.05) is 33.8 Å². The molecule has 0 saturated carbocycles. The number of hydrogen-bond acceptors (Lipinski definition) is 3. The second-order valence-electron chi connectivity index (χ2n) is 8.51. The molecule has 3 atom stereocenters. The molecule has 0 bridgehead atoms. The van der Waals surface area contributed by atoms with Gasteiger partial charge in [-0.1, -0.05) is 24.3 Å². The monoisotopic (exact) mass is 425 g/mol. The number of methoxy groups -OCH3 is 1. The van der Waals surface area contributed by atoms with E-state index in [1.807, 2.05) is 29.2 Å². The Balaban J connectivity index is 0.00000218. The number of aromatic amines is 1. The van der Waals surface area contributed by atoms with Gasteiger partial charge in [0.1, 0.15) is 11.4 Å². The summed E-state index contributed by atoms with van der Waals surface area (Å²) in [6.07, 6.45) is 0. The summed E-state index contributed by atoms with van der Waals surface area (Å²) in [5.41, 5.74) is 4.36. The fourth-order valence-corrected chi connectivity index (χ4v) is 5.33. The summed E-state index contributed by atoms with van der Waals surface area (Å²) in [6.45, 7) is 4.87. The molecule has 0 radical (unpaired) electrons. The van der Waals surface area contributed by atoms with Gasteiger partial charge in [-0.05, 0) is 55.3 Å². The van der Waals surface area contributed by atoms with E-state index in [-0.39, 0.29) is 18.3 Å². The Labute approximate surface area is 183 Å². The Hall–Kier alpha value is -2.50. The van der Waals surface area contributed by atoms with Crippen LogP contribution in [0.15, 0.2) is 48.5 Å². The first kappa shape index (κ1) is 20.8. The van der Waals surface area contributed by atoms with Gasteiger partial charge in [-0.2, -0.15) is 0 Å². The topological polar surface area (TPSA) is 48.6 Å². The molecule has 2 saturated heterocycles. The molecule has 1 amide bonds. The molecule has 5 rings (SSSR count). The van der Waals surface area contributed by atoms with E-state index in [1.165, 1.54) is 11.1 Å². The maximum atomic E-state index is 13.2. The lowest BCUT2D eigenvalue weighted by Gasteiger charge is -2.28. The minimum atomic E-state index is 0. The normalized spacial score (nSPS) is 23.4. The lowest BCUT2D eigenvalue weighted by atomic mass is 9.88. The molecule has 0 aliphatic carbocycles. The predicted octanol–water partition coefficient (Wildman–Crippen LogP) is 4.28. The molecule has 2 fully saturated rings. The van der Waals surface area contributed by atoms with Crippen LogP contribution in [0.5, 0.6) is 5.75 Å². The van der Waals surface area contributed by atoms with E-state index in [9.17, 15) is 4.79 Å². The van der Waals surface area contributed by atoms with Gasteiger partial charge in [0.05, 0.1) is 7.11 Å². The zero-order valence-corrected chi connectivity index (χ0v) is 18.4. The SMILES string of the molecule is COc1ccc2[nH]c(C(=O)N3C[C@@H]4CN(C)[C@@H](c5ccccc5C)[C@@H]4C3)cc2c1.Cl. The third kappa shape index (κ3) is 3.36. The van der Waals surface area contributed by atoms with E-state index in [2.05, 4.69) is 48.1 Å². The van der Waals surface area contributed by atoms with Crippen LogP contribution in [0.2, 0.25) is 0 Å². The summed E-state index contributed by atoms with van der Waals surface area (Å²) >= 11 is 0. The first-order chi connectivity index (χ1) is 14.0. The van der Waals surface area contributed by atoms with Crippen LogP contribution in [-0.4, -0.2) is 54.5 Å². The number of carbonyl (C=O) groups is 1. The fraction of sp³-hybridized carbons (Fsp3) is 0.375. The standard InChI is InChI=1S/C24H27N3O2.ClH/c1-15-6-4-5-7-19(15)23-20-14-27(13-17(20)12-26(23)2)24(28)22-11-16-10-18(29-3)8-9-21(16)25-22;/h4-11,17,20,23,25H,12-14H2,1-3H3;1H/t17-,20+,23-;/m0./s1. The van der Waals surface area contributed by atoms with Crippen molar-refractivity contribution in [1.29, 1.82) is 0 Å². The van der Waals surface area contributed by atoms with Crippen LogP contribution < -0.4 is 4.74 Å². The number of aromatic nitrogens is 1. The van der Waals surface area contributed by atoms with Crippen molar-refractivity contribution < 1.29 is 9.53 Å². The fourth-order valence-electron chi connectivity index (χ4n) is 5.33. The van der Waals surface area contributed by atoms with Crippen molar-refractivity contribution in [2.45, 2.75) is 13.0 Å². The molecule has 3 heterocycles. The Kier molecular flexibility index (Phi) is 5.51. The van der Waals surface area contributed by atoms with Crippen molar-refractivity contribution in [3.63, 3.8) is 0 Å². The molecule has 0 unspecified atom stereocenters. The van der Waals surface area contributed by atoms with Crippen molar-refractivity contribution in [3.05, 3.63) is 65.4 Å². The van der Waals surface area contributed by atoms with E-state index in [0.29, 0.717) is 23.6 Å². The quantitative estimate of drug-likeness (QED) is 0.681. The molecule has 0 spiro atoms. The summed E-state index contributed by atoms with van der Waals surface area (Å²) < 4.78 is 5.30.